The maximum Gasteiger partial charge on any atom is 0.307 e. The molecule has 70 valence electrons. The van der Waals surface area contributed by atoms with E-state index >= 15 is 0 Å². The van der Waals surface area contributed by atoms with Gasteiger partial charge in [0.05, 0.1) is 10.9 Å². The Morgan fingerprint density at radius 1 is 1.46 bits per heavy atom. The maximum absolute atomic E-state index is 13.2. The lowest BCUT2D eigenvalue weighted by Crippen LogP contribution is -2.02. The first-order chi connectivity index (χ1) is 6.00. The highest BCUT2D eigenvalue weighted by atomic mass is 79.9. The Kier molecular flexibility index (Phi) is 3.44. The van der Waals surface area contributed by atoms with E-state index in [-0.39, 0.29) is 16.5 Å². The third kappa shape index (κ3) is 2.77. The minimum atomic E-state index is -1.05. The highest BCUT2D eigenvalue weighted by Crippen LogP contribution is 2.24. The Balaban J connectivity index is 3.12. The average Bonchev–Trinajstić information content (AvgIpc) is 1.98. The third-order valence-electron chi connectivity index (χ3n) is 1.41. The van der Waals surface area contributed by atoms with E-state index in [0.29, 0.717) is 4.47 Å². The first kappa shape index (κ1) is 10.7. The molecule has 0 aliphatic carbocycles. The van der Waals surface area contributed by atoms with Crippen molar-refractivity contribution in [3.63, 3.8) is 0 Å². The number of aliphatic carboxylic acids is 1. The Morgan fingerprint density at radius 3 is 2.62 bits per heavy atom. The molecule has 0 heterocycles. The summed E-state index contributed by atoms with van der Waals surface area (Å²) in [4.78, 5) is 10.3. The molecule has 1 aromatic carbocycles. The van der Waals surface area contributed by atoms with Crippen LogP contribution in [0.5, 0.6) is 0 Å². The molecule has 0 saturated carbocycles. The standard InChI is InChI=1S/C8H5Br2FO2/c9-5-1-4(2-7(12)13)8(11)6(10)3-5/h1,3H,2H2,(H,12,13). The zero-order valence-corrected chi connectivity index (χ0v) is 9.52. The molecular weight excluding hydrogens is 307 g/mol. The molecule has 0 bridgehead atoms. The van der Waals surface area contributed by atoms with Crippen molar-refractivity contribution in [2.45, 2.75) is 6.42 Å². The molecule has 0 radical (unpaired) electrons. The number of hydrogen-bond acceptors (Lipinski definition) is 1. The van der Waals surface area contributed by atoms with Gasteiger partial charge in [0.2, 0.25) is 0 Å². The van der Waals surface area contributed by atoms with Crippen LogP contribution in [0.2, 0.25) is 0 Å². The highest BCUT2D eigenvalue weighted by Gasteiger charge is 2.10. The quantitative estimate of drug-likeness (QED) is 0.853. The van der Waals surface area contributed by atoms with E-state index in [2.05, 4.69) is 31.9 Å². The normalized spacial score (nSPS) is 10.1. The molecular formula is C8H5Br2FO2. The van der Waals surface area contributed by atoms with E-state index in [1.165, 1.54) is 12.1 Å². The Hall–Kier alpha value is -0.420. The van der Waals surface area contributed by atoms with Gasteiger partial charge < -0.3 is 5.11 Å². The van der Waals surface area contributed by atoms with Crippen LogP contribution in [-0.2, 0) is 11.2 Å². The van der Waals surface area contributed by atoms with Gasteiger partial charge in [0.1, 0.15) is 5.82 Å². The summed E-state index contributed by atoms with van der Waals surface area (Å²) in [5.41, 5.74) is 0.161. The van der Waals surface area contributed by atoms with Gasteiger partial charge in [-0.3, -0.25) is 4.79 Å². The Morgan fingerprint density at radius 2 is 2.08 bits per heavy atom. The smallest absolute Gasteiger partial charge is 0.307 e. The highest BCUT2D eigenvalue weighted by molar-refractivity contribution is 9.11. The van der Waals surface area contributed by atoms with Crippen LogP contribution in [0.15, 0.2) is 21.1 Å². The maximum atomic E-state index is 13.2. The summed E-state index contributed by atoms with van der Waals surface area (Å²) in [5.74, 6) is -1.57. The largest absolute Gasteiger partial charge is 0.481 e. The molecule has 0 amide bonds. The lowest BCUT2D eigenvalue weighted by Gasteiger charge is -2.02. The van der Waals surface area contributed by atoms with Crippen molar-refractivity contribution in [3.8, 4) is 0 Å². The average molecular weight is 312 g/mol. The van der Waals surface area contributed by atoms with E-state index in [9.17, 15) is 9.18 Å². The number of hydrogen-bond donors (Lipinski definition) is 1. The van der Waals surface area contributed by atoms with Gasteiger partial charge in [0.15, 0.2) is 0 Å². The fourth-order valence-corrected chi connectivity index (χ4v) is 2.21. The van der Waals surface area contributed by atoms with E-state index in [1.54, 1.807) is 0 Å². The summed E-state index contributed by atoms with van der Waals surface area (Å²) >= 11 is 6.14. The van der Waals surface area contributed by atoms with Gasteiger partial charge in [0, 0.05) is 10.0 Å². The first-order valence-corrected chi connectivity index (χ1v) is 4.94. The Labute approximate surface area is 91.0 Å². The van der Waals surface area contributed by atoms with Crippen molar-refractivity contribution in [2.75, 3.05) is 0 Å². The van der Waals surface area contributed by atoms with Gasteiger partial charge in [0.25, 0.3) is 0 Å². The van der Waals surface area contributed by atoms with E-state index in [1.807, 2.05) is 0 Å². The predicted molar refractivity (Wildman–Crippen MR) is 53.1 cm³/mol. The topological polar surface area (TPSA) is 37.3 Å². The SMILES string of the molecule is O=C(O)Cc1cc(Br)cc(Br)c1F. The van der Waals surface area contributed by atoms with Crippen molar-refractivity contribution < 1.29 is 14.3 Å². The van der Waals surface area contributed by atoms with Crippen molar-refractivity contribution in [2.24, 2.45) is 0 Å². The van der Waals surface area contributed by atoms with Crippen LogP contribution in [0, 0.1) is 5.82 Å². The van der Waals surface area contributed by atoms with Crippen LogP contribution in [0.25, 0.3) is 0 Å². The first-order valence-electron chi connectivity index (χ1n) is 3.36. The van der Waals surface area contributed by atoms with E-state index in [4.69, 9.17) is 5.11 Å². The predicted octanol–water partition coefficient (Wildman–Crippen LogP) is 2.98. The van der Waals surface area contributed by atoms with E-state index in [0.717, 1.165) is 0 Å². The van der Waals surface area contributed by atoms with Crippen LogP contribution >= 0.6 is 31.9 Å². The fraction of sp³-hybridized carbons (Fsp3) is 0.125. The monoisotopic (exact) mass is 310 g/mol. The summed E-state index contributed by atoms with van der Waals surface area (Å²) in [5, 5.41) is 8.48. The minimum absolute atomic E-state index is 0.161. The summed E-state index contributed by atoms with van der Waals surface area (Å²) in [6.07, 6.45) is -0.316. The van der Waals surface area contributed by atoms with Gasteiger partial charge in [-0.15, -0.1) is 0 Å². The molecule has 13 heavy (non-hydrogen) atoms. The zero-order valence-electron chi connectivity index (χ0n) is 6.35. The lowest BCUT2D eigenvalue weighted by atomic mass is 10.1. The van der Waals surface area contributed by atoms with E-state index < -0.39 is 11.8 Å². The molecule has 0 aromatic heterocycles. The molecule has 0 unspecified atom stereocenters. The van der Waals surface area contributed by atoms with Crippen molar-refractivity contribution in [1.82, 2.24) is 0 Å². The fourth-order valence-electron chi connectivity index (χ4n) is 0.901. The molecule has 1 rings (SSSR count). The van der Waals surface area contributed by atoms with Gasteiger partial charge in [-0.2, -0.15) is 0 Å². The van der Waals surface area contributed by atoms with Crippen molar-refractivity contribution in [1.29, 1.82) is 0 Å². The van der Waals surface area contributed by atoms with Gasteiger partial charge >= 0.3 is 5.97 Å². The summed E-state index contributed by atoms with van der Waals surface area (Å²) in [7, 11) is 0. The van der Waals surface area contributed by atoms with Crippen LogP contribution in [-0.4, -0.2) is 11.1 Å². The lowest BCUT2D eigenvalue weighted by molar-refractivity contribution is -0.136. The second-order valence-corrected chi connectivity index (χ2v) is 4.20. The van der Waals surface area contributed by atoms with Crippen LogP contribution in [0.3, 0.4) is 0 Å². The second kappa shape index (κ2) is 4.19. The summed E-state index contributed by atoms with van der Waals surface area (Å²) in [6.45, 7) is 0. The van der Waals surface area contributed by atoms with Crippen molar-refractivity contribution in [3.05, 3.63) is 32.5 Å². The molecule has 0 atom stereocenters. The molecule has 0 aliphatic heterocycles. The molecule has 5 heteroatoms. The van der Waals surface area contributed by atoms with Crippen molar-refractivity contribution >= 4 is 37.8 Å². The zero-order chi connectivity index (χ0) is 10.0. The van der Waals surface area contributed by atoms with Gasteiger partial charge in [-0.1, -0.05) is 15.9 Å². The molecule has 2 nitrogen and oxygen atoms in total. The Bertz CT molecular complexity index is 352. The number of carboxylic acids is 1. The van der Waals surface area contributed by atoms with Gasteiger partial charge in [-0.25, -0.2) is 4.39 Å². The van der Waals surface area contributed by atoms with Crippen LogP contribution in [0.4, 0.5) is 4.39 Å². The molecule has 0 spiro atoms. The number of halogens is 3. The number of carboxylic acid groups (broad SMARTS) is 1. The summed E-state index contributed by atoms with van der Waals surface area (Å²) < 4.78 is 14.1. The van der Waals surface area contributed by atoms with Crippen LogP contribution < -0.4 is 0 Å². The molecule has 0 saturated heterocycles. The molecule has 0 aliphatic rings. The third-order valence-corrected chi connectivity index (χ3v) is 2.44. The molecule has 1 N–H and O–H groups in total. The number of benzene rings is 1. The summed E-state index contributed by atoms with van der Waals surface area (Å²) in [6, 6.07) is 2.98. The minimum Gasteiger partial charge on any atom is -0.481 e. The molecule has 0 fully saturated rings. The number of carbonyl (C=O) groups is 1. The van der Waals surface area contributed by atoms with Gasteiger partial charge in [-0.05, 0) is 28.1 Å². The molecule has 1 aromatic rings. The van der Waals surface area contributed by atoms with Crippen LogP contribution in [0.1, 0.15) is 5.56 Å². The number of rotatable bonds is 2. The second-order valence-electron chi connectivity index (χ2n) is 2.43.